The van der Waals surface area contributed by atoms with Crippen LogP contribution in [-0.2, 0) is 9.59 Å². The Kier molecular flexibility index (Phi) is 8.00. The number of rotatable bonds is 9. The van der Waals surface area contributed by atoms with Crippen LogP contribution in [0.5, 0.6) is 11.5 Å². The van der Waals surface area contributed by atoms with E-state index in [4.69, 9.17) is 21.1 Å². The lowest BCUT2D eigenvalue weighted by molar-refractivity contribution is -0.140. The molecule has 0 radical (unpaired) electrons. The van der Waals surface area contributed by atoms with Crippen LogP contribution in [0.15, 0.2) is 48.0 Å². The normalized spacial score (nSPS) is 17.6. The van der Waals surface area contributed by atoms with Crippen LogP contribution in [0.4, 0.5) is 0 Å². The fourth-order valence-corrected chi connectivity index (χ4v) is 4.16. The molecule has 1 aliphatic heterocycles. The van der Waals surface area contributed by atoms with Crippen LogP contribution >= 0.6 is 11.6 Å². The van der Waals surface area contributed by atoms with Crippen molar-refractivity contribution in [1.82, 2.24) is 9.80 Å². The number of carbonyl (C=O) groups is 2. The maximum Gasteiger partial charge on any atom is 0.295 e. The van der Waals surface area contributed by atoms with Crippen molar-refractivity contribution in [2.45, 2.75) is 19.9 Å². The molecule has 0 spiro atoms. The van der Waals surface area contributed by atoms with E-state index in [9.17, 15) is 14.7 Å². The Morgan fingerprint density at radius 1 is 1.03 bits per heavy atom. The number of nitrogens with zero attached hydrogens (tertiary/aromatic N) is 2. The van der Waals surface area contributed by atoms with E-state index in [-0.39, 0.29) is 11.3 Å². The third kappa shape index (κ3) is 4.99. The molecule has 33 heavy (non-hydrogen) atoms. The third-order valence-corrected chi connectivity index (χ3v) is 6.19. The molecule has 1 saturated heterocycles. The van der Waals surface area contributed by atoms with Gasteiger partial charge < -0.3 is 24.4 Å². The minimum absolute atomic E-state index is 0.0362. The maximum absolute atomic E-state index is 13.1. The molecule has 1 aliphatic rings. The van der Waals surface area contributed by atoms with Crippen molar-refractivity contribution in [3.8, 4) is 11.5 Å². The Labute approximate surface area is 199 Å². The monoisotopic (exact) mass is 472 g/mol. The van der Waals surface area contributed by atoms with Gasteiger partial charge in [0.1, 0.15) is 5.76 Å². The predicted molar refractivity (Wildman–Crippen MR) is 128 cm³/mol. The number of methoxy groups -OCH3 is 2. The molecule has 1 amide bonds. The lowest BCUT2D eigenvalue weighted by Crippen LogP contribution is -2.38. The number of benzene rings is 2. The van der Waals surface area contributed by atoms with E-state index in [1.807, 2.05) is 13.8 Å². The van der Waals surface area contributed by atoms with Gasteiger partial charge in [0.15, 0.2) is 11.5 Å². The van der Waals surface area contributed by atoms with E-state index in [1.54, 1.807) is 42.5 Å². The molecule has 1 atom stereocenters. The molecular weight excluding hydrogens is 444 g/mol. The first-order valence-corrected chi connectivity index (χ1v) is 11.2. The van der Waals surface area contributed by atoms with E-state index in [2.05, 4.69) is 4.90 Å². The molecule has 2 aromatic carbocycles. The number of aliphatic hydroxyl groups excluding tert-OH is 1. The average molecular weight is 473 g/mol. The van der Waals surface area contributed by atoms with Gasteiger partial charge in [-0.25, -0.2) is 0 Å². The Hall–Kier alpha value is -3.03. The van der Waals surface area contributed by atoms with Crippen molar-refractivity contribution in [1.29, 1.82) is 0 Å². The number of hydrogen-bond acceptors (Lipinski definition) is 6. The molecule has 1 heterocycles. The van der Waals surface area contributed by atoms with Gasteiger partial charge in [-0.1, -0.05) is 37.6 Å². The largest absolute Gasteiger partial charge is 0.507 e. The second-order valence-corrected chi connectivity index (χ2v) is 8.08. The number of likely N-dealkylation sites (tertiary alicyclic amines) is 1. The first kappa shape index (κ1) is 24.6. The standard InChI is InChI=1S/C25H29ClN2O5/c1-5-27(6-2)13-14-28-22(16-7-10-18(26)11-8-16)21(24(30)25(28)31)23(29)17-9-12-19(32-3)20(15-17)33-4/h7-12,15,22,29H,5-6,13-14H2,1-4H3. The molecule has 176 valence electrons. The molecule has 0 saturated carbocycles. The van der Waals surface area contributed by atoms with Gasteiger partial charge in [0, 0.05) is 23.7 Å². The molecule has 2 aromatic rings. The van der Waals surface area contributed by atoms with E-state index in [0.29, 0.717) is 40.7 Å². The van der Waals surface area contributed by atoms with Crippen molar-refractivity contribution < 1.29 is 24.2 Å². The fourth-order valence-electron chi connectivity index (χ4n) is 4.03. The zero-order valence-electron chi connectivity index (χ0n) is 19.3. The second-order valence-electron chi connectivity index (χ2n) is 7.64. The number of ketones is 1. The summed E-state index contributed by atoms with van der Waals surface area (Å²) >= 11 is 6.07. The summed E-state index contributed by atoms with van der Waals surface area (Å²) in [6, 6.07) is 11.1. The quantitative estimate of drug-likeness (QED) is 0.336. The van der Waals surface area contributed by atoms with Gasteiger partial charge in [-0.05, 0) is 49.0 Å². The Balaban J connectivity index is 2.12. The smallest absolute Gasteiger partial charge is 0.295 e. The number of halogens is 1. The van der Waals surface area contributed by atoms with E-state index in [0.717, 1.165) is 13.1 Å². The topological polar surface area (TPSA) is 79.3 Å². The number of carbonyl (C=O) groups excluding carboxylic acids is 2. The summed E-state index contributed by atoms with van der Waals surface area (Å²) in [4.78, 5) is 29.9. The molecule has 0 bridgehead atoms. The van der Waals surface area contributed by atoms with Crippen LogP contribution in [0.3, 0.4) is 0 Å². The molecule has 0 aromatic heterocycles. The van der Waals surface area contributed by atoms with E-state index >= 15 is 0 Å². The summed E-state index contributed by atoms with van der Waals surface area (Å²) in [5.74, 6) is -0.728. The summed E-state index contributed by atoms with van der Waals surface area (Å²) in [5, 5.41) is 11.8. The van der Waals surface area contributed by atoms with Crippen LogP contribution in [0, 0.1) is 0 Å². The highest BCUT2D eigenvalue weighted by atomic mass is 35.5. The van der Waals surface area contributed by atoms with Gasteiger partial charge in [0.05, 0.1) is 25.8 Å². The zero-order valence-corrected chi connectivity index (χ0v) is 20.1. The predicted octanol–water partition coefficient (Wildman–Crippen LogP) is 4.12. The Morgan fingerprint density at radius 2 is 1.67 bits per heavy atom. The molecule has 1 fully saturated rings. The molecule has 8 heteroatoms. The molecule has 0 aliphatic carbocycles. The second kappa shape index (κ2) is 10.7. The number of likely N-dealkylation sites (N-methyl/N-ethyl adjacent to an activating group) is 1. The van der Waals surface area contributed by atoms with Crippen LogP contribution in [-0.4, -0.2) is 67.0 Å². The van der Waals surface area contributed by atoms with Crippen molar-refractivity contribution in [3.05, 3.63) is 64.2 Å². The summed E-state index contributed by atoms with van der Waals surface area (Å²) in [6.07, 6.45) is 0. The summed E-state index contributed by atoms with van der Waals surface area (Å²) in [7, 11) is 3.00. The first-order valence-electron chi connectivity index (χ1n) is 10.8. The highest BCUT2D eigenvalue weighted by molar-refractivity contribution is 6.46. The SMILES string of the molecule is CCN(CC)CCN1C(=O)C(=O)C(=C(O)c2ccc(OC)c(OC)c2)C1c1ccc(Cl)cc1. The number of ether oxygens (including phenoxy) is 2. The van der Waals surface area contributed by atoms with Crippen molar-refractivity contribution in [2.24, 2.45) is 0 Å². The number of aliphatic hydroxyl groups is 1. The third-order valence-electron chi connectivity index (χ3n) is 5.93. The van der Waals surface area contributed by atoms with Crippen LogP contribution in [0.2, 0.25) is 5.02 Å². The van der Waals surface area contributed by atoms with E-state index < -0.39 is 17.7 Å². The highest BCUT2D eigenvalue weighted by Crippen LogP contribution is 2.40. The minimum Gasteiger partial charge on any atom is -0.507 e. The van der Waals surface area contributed by atoms with Gasteiger partial charge in [-0.3, -0.25) is 9.59 Å². The minimum atomic E-state index is -0.731. The van der Waals surface area contributed by atoms with Gasteiger partial charge in [0.2, 0.25) is 0 Å². The van der Waals surface area contributed by atoms with Crippen molar-refractivity contribution in [2.75, 3.05) is 40.4 Å². The lowest BCUT2D eigenvalue weighted by atomic mass is 9.95. The van der Waals surface area contributed by atoms with Gasteiger partial charge in [0.25, 0.3) is 11.7 Å². The molecular formula is C25H29ClN2O5. The summed E-state index contributed by atoms with van der Waals surface area (Å²) < 4.78 is 10.6. The molecule has 7 nitrogen and oxygen atoms in total. The number of amides is 1. The fraction of sp³-hybridized carbons (Fsp3) is 0.360. The molecule has 1 N–H and O–H groups in total. The number of Topliss-reactive ketones (excluding diaryl/α,β-unsaturated/α-hetero) is 1. The van der Waals surface area contributed by atoms with Gasteiger partial charge in [-0.15, -0.1) is 0 Å². The number of hydrogen-bond donors (Lipinski definition) is 1. The highest BCUT2D eigenvalue weighted by Gasteiger charge is 2.46. The summed E-state index contributed by atoms with van der Waals surface area (Å²) in [6.45, 7) is 6.72. The molecule has 1 unspecified atom stereocenters. The van der Waals surface area contributed by atoms with Crippen LogP contribution < -0.4 is 9.47 Å². The average Bonchev–Trinajstić information content (AvgIpc) is 3.09. The molecule has 3 rings (SSSR count). The lowest BCUT2D eigenvalue weighted by Gasteiger charge is -2.28. The van der Waals surface area contributed by atoms with Crippen LogP contribution in [0.25, 0.3) is 5.76 Å². The first-order chi connectivity index (χ1) is 15.9. The maximum atomic E-state index is 13.1. The van der Waals surface area contributed by atoms with Gasteiger partial charge >= 0.3 is 0 Å². The van der Waals surface area contributed by atoms with Crippen LogP contribution in [0.1, 0.15) is 31.0 Å². The Bertz CT molecular complexity index is 1050. The summed E-state index contributed by atoms with van der Waals surface area (Å²) in [5.41, 5.74) is 1.09. The Morgan fingerprint density at radius 3 is 2.24 bits per heavy atom. The van der Waals surface area contributed by atoms with E-state index in [1.165, 1.54) is 19.1 Å². The van der Waals surface area contributed by atoms with Crippen molar-refractivity contribution >= 4 is 29.1 Å². The zero-order chi connectivity index (χ0) is 24.1. The van der Waals surface area contributed by atoms with Gasteiger partial charge in [-0.2, -0.15) is 0 Å². The van der Waals surface area contributed by atoms with Crippen molar-refractivity contribution in [3.63, 3.8) is 0 Å².